The van der Waals surface area contributed by atoms with E-state index in [-0.39, 0.29) is 24.0 Å². The summed E-state index contributed by atoms with van der Waals surface area (Å²) in [5.74, 6) is 5.93. The molecule has 4 rings (SSSR count). The highest BCUT2D eigenvalue weighted by Gasteiger charge is 2.30. The predicted molar refractivity (Wildman–Crippen MR) is 152 cm³/mol. The minimum atomic E-state index is -4.42. The first-order valence-corrected chi connectivity index (χ1v) is 14.7. The van der Waals surface area contributed by atoms with Crippen LogP contribution in [0.1, 0.15) is 32.4 Å². The molecule has 0 aliphatic carbocycles. The van der Waals surface area contributed by atoms with Crippen molar-refractivity contribution in [2.24, 2.45) is 0 Å². The normalized spacial score (nSPS) is 15.6. The zero-order valence-corrected chi connectivity index (χ0v) is 23.6. The smallest absolute Gasteiger partial charge is 0.406 e. The number of anilines is 2. The Morgan fingerprint density at radius 3 is 2.52 bits per heavy atom. The molecule has 40 heavy (non-hydrogen) atoms. The van der Waals surface area contributed by atoms with Gasteiger partial charge in [-0.25, -0.2) is 4.39 Å². The first-order chi connectivity index (χ1) is 19.1. The van der Waals surface area contributed by atoms with Gasteiger partial charge in [0.05, 0.1) is 23.4 Å². The zero-order valence-electron chi connectivity index (χ0n) is 22.8. The second kappa shape index (κ2) is 13.1. The van der Waals surface area contributed by atoms with Gasteiger partial charge in [0.1, 0.15) is 12.8 Å². The minimum absolute atomic E-state index is 0.0737. The average molecular weight is 579 g/mol. The average Bonchev–Trinajstić information content (AvgIpc) is 3.24. The van der Waals surface area contributed by atoms with E-state index < -0.39 is 30.8 Å². The lowest BCUT2D eigenvalue weighted by atomic mass is 10.0. The highest BCUT2D eigenvalue weighted by Crippen LogP contribution is 2.32. The quantitative estimate of drug-likeness (QED) is 0.185. The molecular weight excluding hydrogens is 544 g/mol. The number of nitrogens with zero attached hydrogens (tertiary/aromatic N) is 2. The van der Waals surface area contributed by atoms with E-state index in [1.807, 2.05) is 6.07 Å². The second-order valence-electron chi connectivity index (χ2n) is 10.0. The first-order valence-electron chi connectivity index (χ1n) is 13.1. The largest absolute Gasteiger partial charge is 0.612 e. The lowest BCUT2D eigenvalue weighted by Crippen LogP contribution is -2.42. The molecule has 1 fully saturated rings. The summed E-state index contributed by atoms with van der Waals surface area (Å²) in [5.41, 5.74) is 1.94. The van der Waals surface area contributed by atoms with Gasteiger partial charge >= 0.3 is 6.18 Å². The second-order valence-corrected chi connectivity index (χ2v) is 11.4. The Balaban J connectivity index is 1.56. The van der Waals surface area contributed by atoms with E-state index in [1.54, 1.807) is 30.3 Å². The molecule has 1 aliphatic heterocycles. The molecular formula is C29H34F4N4O2S. The third-order valence-electron chi connectivity index (χ3n) is 6.98. The molecule has 1 saturated heterocycles. The Bertz CT molecular complexity index is 1360. The summed E-state index contributed by atoms with van der Waals surface area (Å²) in [6.07, 6.45) is -1.00. The van der Waals surface area contributed by atoms with Gasteiger partial charge in [0, 0.05) is 42.3 Å². The van der Waals surface area contributed by atoms with E-state index in [2.05, 4.69) is 41.2 Å². The molecule has 11 heteroatoms. The zero-order chi connectivity index (χ0) is 28.9. The number of aromatic nitrogens is 1. The number of piperidine rings is 1. The third kappa shape index (κ3) is 7.56. The van der Waals surface area contributed by atoms with Crippen LogP contribution in [0.4, 0.5) is 28.9 Å². The Morgan fingerprint density at radius 2 is 1.88 bits per heavy atom. The van der Waals surface area contributed by atoms with Crippen LogP contribution < -0.4 is 15.4 Å². The molecule has 3 aromatic rings. The summed E-state index contributed by atoms with van der Waals surface area (Å²) >= 11 is -1.27. The fourth-order valence-corrected chi connectivity index (χ4v) is 5.46. The van der Waals surface area contributed by atoms with E-state index in [1.165, 1.54) is 16.9 Å². The molecule has 2 heterocycles. The van der Waals surface area contributed by atoms with Crippen molar-refractivity contribution >= 4 is 33.5 Å². The lowest BCUT2D eigenvalue weighted by Gasteiger charge is -2.35. The van der Waals surface area contributed by atoms with Crippen molar-refractivity contribution in [1.82, 2.24) is 9.47 Å². The van der Waals surface area contributed by atoms with Crippen molar-refractivity contribution in [3.05, 3.63) is 48.2 Å². The van der Waals surface area contributed by atoms with Gasteiger partial charge in [-0.1, -0.05) is 12.0 Å². The molecule has 0 spiro atoms. The van der Waals surface area contributed by atoms with Gasteiger partial charge in [-0.2, -0.15) is 13.2 Å². The number of hydrogen-bond donors (Lipinski definition) is 2. The molecule has 6 nitrogen and oxygen atoms in total. The van der Waals surface area contributed by atoms with Gasteiger partial charge in [-0.3, -0.25) is 0 Å². The molecule has 0 saturated carbocycles. The van der Waals surface area contributed by atoms with Crippen molar-refractivity contribution in [2.75, 3.05) is 43.4 Å². The SMILES string of the molecule is CC(C)N1CCC(Nc2cccc3c2cc(C#CCNc2ccc([S+](C)[O-])cc2OCF)n3CC(F)(F)F)CC1. The monoisotopic (exact) mass is 578 g/mol. The van der Waals surface area contributed by atoms with Crippen LogP contribution in [0.25, 0.3) is 10.9 Å². The van der Waals surface area contributed by atoms with Crippen LogP contribution in [-0.2, 0) is 17.7 Å². The van der Waals surface area contributed by atoms with Crippen molar-refractivity contribution < 1.29 is 26.9 Å². The Hall–Kier alpha value is -3.07. The summed E-state index contributed by atoms with van der Waals surface area (Å²) in [6, 6.07) is 12.5. The van der Waals surface area contributed by atoms with Gasteiger partial charge in [0.15, 0.2) is 10.6 Å². The van der Waals surface area contributed by atoms with Gasteiger partial charge in [0.25, 0.3) is 0 Å². The van der Waals surface area contributed by atoms with E-state index in [0.717, 1.165) is 31.6 Å². The number of hydrogen-bond acceptors (Lipinski definition) is 5. The van der Waals surface area contributed by atoms with Crippen molar-refractivity contribution in [2.45, 2.75) is 56.4 Å². The standard InChI is InChI=1S/C29H34F4N4O2S/c1-20(2)36-14-11-21(12-15-36)35-25-7-4-8-27-24(25)16-22(37(27)18-29(31,32)33)6-5-13-34-26-10-9-23(40(3)38)17-28(26)39-19-30/h4,7-10,16-17,20-21,34-35H,11-15,18-19H2,1-3H3. The van der Waals surface area contributed by atoms with Crippen LogP contribution in [0.2, 0.25) is 0 Å². The molecule has 2 aromatic carbocycles. The molecule has 1 aromatic heterocycles. The molecule has 1 unspecified atom stereocenters. The number of halogens is 4. The number of nitrogens with one attached hydrogen (secondary N) is 2. The fraction of sp³-hybridized carbons (Fsp3) is 0.448. The summed E-state index contributed by atoms with van der Waals surface area (Å²) in [5, 5.41) is 7.25. The number of likely N-dealkylation sites (tertiary alicyclic amines) is 1. The van der Waals surface area contributed by atoms with Gasteiger partial charge in [0.2, 0.25) is 6.86 Å². The maximum atomic E-state index is 13.6. The van der Waals surface area contributed by atoms with Crippen LogP contribution in [0.5, 0.6) is 5.75 Å². The molecule has 0 amide bonds. The fourth-order valence-electron chi connectivity index (χ4n) is 4.92. The summed E-state index contributed by atoms with van der Waals surface area (Å²) in [4.78, 5) is 2.90. The van der Waals surface area contributed by atoms with E-state index in [4.69, 9.17) is 4.74 Å². The Kier molecular flexibility index (Phi) is 9.77. The molecule has 1 aliphatic rings. The molecule has 0 bridgehead atoms. The topological polar surface area (TPSA) is 64.5 Å². The van der Waals surface area contributed by atoms with Crippen LogP contribution in [0.3, 0.4) is 0 Å². The number of alkyl halides is 4. The summed E-state index contributed by atoms with van der Waals surface area (Å²) in [6.45, 7) is 4.15. The van der Waals surface area contributed by atoms with Crippen LogP contribution in [0, 0.1) is 11.8 Å². The summed E-state index contributed by atoms with van der Waals surface area (Å²) < 4.78 is 71.4. The number of rotatable bonds is 9. The van der Waals surface area contributed by atoms with Gasteiger partial charge < -0.3 is 29.4 Å². The first kappa shape index (κ1) is 29.9. The van der Waals surface area contributed by atoms with Crippen molar-refractivity contribution in [3.63, 3.8) is 0 Å². The minimum Gasteiger partial charge on any atom is -0.612 e. The van der Waals surface area contributed by atoms with Gasteiger partial charge in [-0.15, -0.1) is 0 Å². The number of fused-ring (bicyclic) bond motifs is 1. The predicted octanol–water partition coefficient (Wildman–Crippen LogP) is 6.00. The Morgan fingerprint density at radius 1 is 1.12 bits per heavy atom. The van der Waals surface area contributed by atoms with E-state index >= 15 is 0 Å². The molecule has 1 atom stereocenters. The van der Waals surface area contributed by atoms with Crippen LogP contribution >= 0.6 is 0 Å². The van der Waals surface area contributed by atoms with Crippen LogP contribution in [-0.4, -0.2) is 65.0 Å². The highest BCUT2D eigenvalue weighted by molar-refractivity contribution is 7.90. The van der Waals surface area contributed by atoms with Crippen LogP contribution in [0.15, 0.2) is 47.4 Å². The molecule has 216 valence electrons. The Labute approximate surface area is 235 Å². The summed E-state index contributed by atoms with van der Waals surface area (Å²) in [7, 11) is 0. The highest BCUT2D eigenvalue weighted by atomic mass is 32.2. The van der Waals surface area contributed by atoms with Crippen molar-refractivity contribution in [3.8, 4) is 17.6 Å². The maximum absolute atomic E-state index is 13.6. The third-order valence-corrected chi connectivity index (χ3v) is 7.90. The lowest BCUT2D eigenvalue weighted by molar-refractivity contribution is -0.140. The maximum Gasteiger partial charge on any atom is 0.406 e. The number of benzene rings is 2. The van der Waals surface area contributed by atoms with Crippen molar-refractivity contribution in [1.29, 1.82) is 0 Å². The molecule has 0 radical (unpaired) electrons. The van der Waals surface area contributed by atoms with E-state index in [0.29, 0.717) is 27.5 Å². The van der Waals surface area contributed by atoms with E-state index in [9.17, 15) is 22.1 Å². The number of ether oxygens (including phenoxy) is 1. The van der Waals surface area contributed by atoms with Gasteiger partial charge in [-0.05, 0) is 74.1 Å². The molecule has 2 N–H and O–H groups in total.